The van der Waals surface area contributed by atoms with E-state index in [-0.39, 0.29) is 0 Å². The van der Waals surface area contributed by atoms with Crippen molar-refractivity contribution in [2.45, 2.75) is 6.54 Å². The number of halogens is 1. The molecule has 0 amide bonds. The lowest BCUT2D eigenvalue weighted by molar-refractivity contribution is 0.854. The van der Waals surface area contributed by atoms with Crippen LogP contribution in [0.15, 0.2) is 61.1 Å². The molecule has 0 atom stereocenters. The van der Waals surface area contributed by atoms with Gasteiger partial charge in [-0.1, -0.05) is 29.8 Å². The summed E-state index contributed by atoms with van der Waals surface area (Å²) in [6.07, 6.45) is 7.55. The second-order valence-electron chi connectivity index (χ2n) is 5.52. The summed E-state index contributed by atoms with van der Waals surface area (Å²) in [5.74, 6) is 0.781. The SMILES string of the molecule is Clc1cc2c(c(Nc3ccc(-c4cccnc4)cc3)n1)CNC=C2. The molecule has 3 aromatic rings. The normalized spacial score (nSPS) is 12.4. The van der Waals surface area contributed by atoms with Crippen LogP contribution in [0.4, 0.5) is 11.5 Å². The minimum absolute atomic E-state index is 0.481. The van der Waals surface area contributed by atoms with Crippen LogP contribution in [0.5, 0.6) is 0 Å². The number of fused-ring (bicyclic) bond motifs is 1. The predicted octanol–water partition coefficient (Wildman–Crippen LogP) is 4.61. The molecule has 4 rings (SSSR count). The first-order valence-electron chi connectivity index (χ1n) is 7.66. The van der Waals surface area contributed by atoms with Crippen molar-refractivity contribution in [1.82, 2.24) is 15.3 Å². The van der Waals surface area contributed by atoms with Crippen molar-refractivity contribution in [3.05, 3.63) is 77.3 Å². The quantitative estimate of drug-likeness (QED) is 0.686. The van der Waals surface area contributed by atoms with E-state index in [4.69, 9.17) is 11.6 Å². The van der Waals surface area contributed by atoms with E-state index < -0.39 is 0 Å². The number of benzene rings is 1. The lowest BCUT2D eigenvalue weighted by Gasteiger charge is -2.17. The molecule has 5 heteroatoms. The molecule has 0 bridgehead atoms. The third-order valence-electron chi connectivity index (χ3n) is 3.93. The fourth-order valence-corrected chi connectivity index (χ4v) is 2.92. The molecule has 1 aromatic carbocycles. The summed E-state index contributed by atoms with van der Waals surface area (Å²) in [5, 5.41) is 7.05. The first-order chi connectivity index (χ1) is 11.8. The number of nitrogens with one attached hydrogen (secondary N) is 2. The summed E-state index contributed by atoms with van der Waals surface area (Å²) in [6, 6.07) is 14.0. The van der Waals surface area contributed by atoms with Crippen molar-refractivity contribution in [3.63, 3.8) is 0 Å². The maximum atomic E-state index is 6.14. The molecule has 1 aliphatic rings. The van der Waals surface area contributed by atoms with Crippen LogP contribution in [0, 0.1) is 0 Å². The van der Waals surface area contributed by atoms with Crippen LogP contribution in [0.1, 0.15) is 11.1 Å². The summed E-state index contributed by atoms with van der Waals surface area (Å²) in [7, 11) is 0. The zero-order chi connectivity index (χ0) is 16.4. The predicted molar refractivity (Wildman–Crippen MR) is 98.1 cm³/mol. The van der Waals surface area contributed by atoms with Crippen molar-refractivity contribution >= 4 is 29.2 Å². The Morgan fingerprint density at radius 3 is 2.75 bits per heavy atom. The molecule has 3 heterocycles. The van der Waals surface area contributed by atoms with E-state index in [9.17, 15) is 0 Å². The van der Waals surface area contributed by atoms with Crippen LogP contribution in [-0.2, 0) is 6.54 Å². The molecule has 0 saturated carbocycles. The lowest BCUT2D eigenvalue weighted by Crippen LogP contribution is -2.13. The van der Waals surface area contributed by atoms with Gasteiger partial charge in [-0.3, -0.25) is 4.98 Å². The van der Waals surface area contributed by atoms with E-state index in [0.717, 1.165) is 40.3 Å². The zero-order valence-corrected chi connectivity index (χ0v) is 13.6. The van der Waals surface area contributed by atoms with Gasteiger partial charge in [-0.15, -0.1) is 0 Å². The summed E-state index contributed by atoms with van der Waals surface area (Å²) >= 11 is 6.14. The van der Waals surface area contributed by atoms with Gasteiger partial charge in [0.05, 0.1) is 0 Å². The fourth-order valence-electron chi connectivity index (χ4n) is 2.72. The van der Waals surface area contributed by atoms with E-state index >= 15 is 0 Å². The Kier molecular flexibility index (Phi) is 3.89. The number of aromatic nitrogens is 2. The first kappa shape index (κ1) is 14.7. The molecule has 2 N–H and O–H groups in total. The Bertz CT molecular complexity index is 889. The van der Waals surface area contributed by atoms with Crippen molar-refractivity contribution in [3.8, 4) is 11.1 Å². The zero-order valence-electron chi connectivity index (χ0n) is 12.8. The molecular weight excluding hydrogens is 320 g/mol. The van der Waals surface area contributed by atoms with Crippen LogP contribution in [-0.4, -0.2) is 9.97 Å². The molecule has 0 saturated heterocycles. The van der Waals surface area contributed by atoms with Gasteiger partial charge < -0.3 is 10.6 Å². The monoisotopic (exact) mass is 334 g/mol. The largest absolute Gasteiger partial charge is 0.387 e. The van der Waals surface area contributed by atoms with Crippen LogP contribution >= 0.6 is 11.6 Å². The average molecular weight is 335 g/mol. The van der Waals surface area contributed by atoms with Crippen molar-refractivity contribution in [2.24, 2.45) is 0 Å². The Balaban J connectivity index is 1.62. The topological polar surface area (TPSA) is 49.8 Å². The number of rotatable bonds is 3. The molecule has 1 aliphatic heterocycles. The molecule has 118 valence electrons. The van der Waals surface area contributed by atoms with Gasteiger partial charge in [0.25, 0.3) is 0 Å². The Hall–Kier alpha value is -2.85. The van der Waals surface area contributed by atoms with Gasteiger partial charge in [-0.05, 0) is 53.2 Å². The van der Waals surface area contributed by atoms with Crippen molar-refractivity contribution < 1.29 is 0 Å². The Morgan fingerprint density at radius 1 is 1.08 bits per heavy atom. The highest BCUT2D eigenvalue weighted by atomic mass is 35.5. The van der Waals surface area contributed by atoms with Gasteiger partial charge >= 0.3 is 0 Å². The van der Waals surface area contributed by atoms with Gasteiger partial charge in [-0.2, -0.15) is 0 Å². The number of nitrogens with zero attached hydrogens (tertiary/aromatic N) is 2. The van der Waals surface area contributed by atoms with Crippen LogP contribution in [0.25, 0.3) is 17.2 Å². The van der Waals surface area contributed by atoms with Crippen LogP contribution in [0.3, 0.4) is 0 Å². The minimum Gasteiger partial charge on any atom is -0.387 e. The maximum Gasteiger partial charge on any atom is 0.137 e. The highest BCUT2D eigenvalue weighted by Gasteiger charge is 2.13. The molecule has 0 radical (unpaired) electrons. The lowest BCUT2D eigenvalue weighted by atomic mass is 10.1. The second-order valence-corrected chi connectivity index (χ2v) is 5.91. The fraction of sp³-hybridized carbons (Fsp3) is 0.0526. The smallest absolute Gasteiger partial charge is 0.137 e. The highest BCUT2D eigenvalue weighted by Crippen LogP contribution is 2.28. The third-order valence-corrected chi connectivity index (χ3v) is 4.12. The highest BCUT2D eigenvalue weighted by molar-refractivity contribution is 6.29. The first-order valence-corrected chi connectivity index (χ1v) is 8.04. The molecular formula is C19H15ClN4. The molecule has 4 nitrogen and oxygen atoms in total. The van der Waals surface area contributed by atoms with E-state index in [2.05, 4.69) is 32.7 Å². The summed E-state index contributed by atoms with van der Waals surface area (Å²) in [6.45, 7) is 0.728. The van der Waals surface area contributed by atoms with Gasteiger partial charge in [0.15, 0.2) is 0 Å². The molecule has 0 aliphatic carbocycles. The Labute approximate surface area is 145 Å². The van der Waals surface area contributed by atoms with Crippen molar-refractivity contribution in [1.29, 1.82) is 0 Å². The molecule has 2 aromatic heterocycles. The van der Waals surface area contributed by atoms with Crippen LogP contribution in [0.2, 0.25) is 5.15 Å². The Morgan fingerprint density at radius 2 is 1.96 bits per heavy atom. The maximum absolute atomic E-state index is 6.14. The van der Waals surface area contributed by atoms with Crippen LogP contribution < -0.4 is 10.6 Å². The third kappa shape index (κ3) is 2.96. The molecule has 24 heavy (non-hydrogen) atoms. The van der Waals surface area contributed by atoms with E-state index in [1.807, 2.05) is 48.8 Å². The minimum atomic E-state index is 0.481. The van der Waals surface area contributed by atoms with Crippen molar-refractivity contribution in [2.75, 3.05) is 5.32 Å². The summed E-state index contributed by atoms with van der Waals surface area (Å²) in [5.41, 5.74) is 5.38. The summed E-state index contributed by atoms with van der Waals surface area (Å²) in [4.78, 5) is 8.59. The van der Waals surface area contributed by atoms with E-state index in [1.165, 1.54) is 0 Å². The molecule has 0 spiro atoms. The number of pyridine rings is 2. The average Bonchev–Trinajstić information content (AvgIpc) is 2.63. The van der Waals surface area contributed by atoms with Gasteiger partial charge in [-0.25, -0.2) is 4.98 Å². The van der Waals surface area contributed by atoms with E-state index in [1.54, 1.807) is 6.20 Å². The van der Waals surface area contributed by atoms with Gasteiger partial charge in [0.1, 0.15) is 11.0 Å². The van der Waals surface area contributed by atoms with Gasteiger partial charge in [0.2, 0.25) is 0 Å². The molecule has 0 unspecified atom stereocenters. The number of hydrogen-bond donors (Lipinski definition) is 2. The standard InChI is InChI=1S/C19H15ClN4/c20-18-10-14-7-9-22-12-17(14)19(24-18)23-16-5-3-13(4-6-16)15-2-1-8-21-11-15/h1-11,22H,12H2,(H,23,24). The van der Waals surface area contributed by atoms with E-state index in [0.29, 0.717) is 5.15 Å². The number of anilines is 2. The second kappa shape index (κ2) is 6.34. The summed E-state index contributed by atoms with van der Waals surface area (Å²) < 4.78 is 0. The molecule has 0 fully saturated rings. The van der Waals surface area contributed by atoms with Gasteiger partial charge in [0, 0.05) is 30.2 Å². The number of hydrogen-bond acceptors (Lipinski definition) is 4.